The maximum atomic E-state index is 13.1. The fraction of sp³-hybridized carbons (Fsp3) is 0.833. The zero-order valence-electron chi connectivity index (χ0n) is 23.1. The average molecular weight is 507 g/mol. The third-order valence-electron chi connectivity index (χ3n) is 7.24. The largest absolute Gasteiger partial charge is 0.393 e. The zero-order chi connectivity index (χ0) is 25.7. The number of ketones is 1. The van der Waals surface area contributed by atoms with Crippen LogP contribution in [-0.2, 0) is 4.79 Å². The first-order valence-corrected chi connectivity index (χ1v) is 15.2. The Morgan fingerprint density at radius 1 is 0.743 bits per heavy atom. The standard InChI is InChI=1S/C30H53ClN3O/c1-4-7-10-13-16-19-22-26-27(33-32)25-28(35)30(29(26)31)34(23-20-17-14-11-8-5-2)24-21-18-15-12-9-6-3/h25,30H,4-24H2,1-3H3/q+1. The molecule has 0 amide bonds. The highest BCUT2D eigenvalue weighted by molar-refractivity contribution is 6.34. The maximum absolute atomic E-state index is 13.1. The van der Waals surface area contributed by atoms with Crippen molar-refractivity contribution in [3.63, 3.8) is 0 Å². The van der Waals surface area contributed by atoms with Crippen molar-refractivity contribution in [3.05, 3.63) is 27.4 Å². The second-order valence-electron chi connectivity index (χ2n) is 10.4. The van der Waals surface area contributed by atoms with Crippen molar-refractivity contribution in [1.29, 1.82) is 5.39 Å². The number of carbonyl (C=O) groups is 1. The van der Waals surface area contributed by atoms with E-state index in [9.17, 15) is 10.2 Å². The Kier molecular flexibility index (Phi) is 19.1. The van der Waals surface area contributed by atoms with E-state index in [0.29, 0.717) is 10.7 Å². The molecule has 0 bridgehead atoms. The first kappa shape index (κ1) is 31.8. The molecule has 0 aromatic carbocycles. The highest BCUT2D eigenvalue weighted by Crippen LogP contribution is 2.34. The van der Waals surface area contributed by atoms with Gasteiger partial charge < -0.3 is 0 Å². The molecule has 0 spiro atoms. The van der Waals surface area contributed by atoms with Crippen LogP contribution in [0.25, 0.3) is 4.98 Å². The van der Waals surface area contributed by atoms with E-state index in [1.54, 1.807) is 0 Å². The van der Waals surface area contributed by atoms with Gasteiger partial charge in [-0.3, -0.25) is 9.69 Å². The summed E-state index contributed by atoms with van der Waals surface area (Å²) in [6.07, 6.45) is 24.3. The Labute approximate surface area is 221 Å². The van der Waals surface area contributed by atoms with Gasteiger partial charge in [-0.2, -0.15) is 0 Å². The number of halogens is 1. The van der Waals surface area contributed by atoms with Crippen LogP contribution in [0.3, 0.4) is 0 Å². The van der Waals surface area contributed by atoms with Crippen molar-refractivity contribution in [1.82, 2.24) is 4.90 Å². The molecule has 0 N–H and O–H groups in total. The first-order valence-electron chi connectivity index (χ1n) is 14.8. The highest BCUT2D eigenvalue weighted by atomic mass is 35.5. The topological polar surface area (TPSA) is 48.5 Å². The van der Waals surface area contributed by atoms with Crippen LogP contribution in [0.4, 0.5) is 0 Å². The Morgan fingerprint density at radius 3 is 1.63 bits per heavy atom. The molecule has 0 radical (unpaired) electrons. The lowest BCUT2D eigenvalue weighted by Gasteiger charge is -2.32. The zero-order valence-corrected chi connectivity index (χ0v) is 23.9. The number of unbranched alkanes of at least 4 members (excludes halogenated alkanes) is 15. The van der Waals surface area contributed by atoms with Crippen molar-refractivity contribution >= 4 is 17.4 Å². The fourth-order valence-corrected chi connectivity index (χ4v) is 5.47. The average Bonchev–Trinajstić information content (AvgIpc) is 2.85. The molecule has 1 aliphatic carbocycles. The third kappa shape index (κ3) is 13.1. The summed E-state index contributed by atoms with van der Waals surface area (Å²) >= 11 is 6.94. The van der Waals surface area contributed by atoms with Crippen LogP contribution in [-0.4, -0.2) is 29.8 Å². The van der Waals surface area contributed by atoms with Crippen molar-refractivity contribution in [3.8, 4) is 0 Å². The summed E-state index contributed by atoms with van der Waals surface area (Å²) in [6.45, 7) is 8.52. The summed E-state index contributed by atoms with van der Waals surface area (Å²) in [7, 11) is 0. The molecular formula is C30H53ClN3O+. The Hall–Kier alpha value is -1.18. The molecule has 0 aliphatic heterocycles. The summed E-state index contributed by atoms with van der Waals surface area (Å²) in [6, 6.07) is -0.413. The molecule has 0 aromatic rings. The lowest BCUT2D eigenvalue weighted by molar-refractivity contribution is -0.118. The van der Waals surface area contributed by atoms with Crippen molar-refractivity contribution < 1.29 is 4.79 Å². The van der Waals surface area contributed by atoms with E-state index >= 15 is 0 Å². The smallest absolute Gasteiger partial charge is 0.292 e. The highest BCUT2D eigenvalue weighted by Gasteiger charge is 2.38. The first-order chi connectivity index (χ1) is 17.1. The van der Waals surface area contributed by atoms with Crippen molar-refractivity contribution in [2.75, 3.05) is 13.1 Å². The Bertz CT molecular complexity index is 664. The minimum absolute atomic E-state index is 0.0357. The van der Waals surface area contributed by atoms with E-state index < -0.39 is 6.04 Å². The van der Waals surface area contributed by atoms with E-state index in [1.807, 2.05) is 0 Å². The molecule has 5 heteroatoms. The summed E-state index contributed by atoms with van der Waals surface area (Å²) in [5, 5.41) is 10.2. The van der Waals surface area contributed by atoms with Gasteiger partial charge in [0, 0.05) is 0 Å². The molecular weight excluding hydrogens is 454 g/mol. The molecule has 1 atom stereocenters. The number of hydrogen-bond donors (Lipinski definition) is 0. The van der Waals surface area contributed by atoms with E-state index in [-0.39, 0.29) is 5.78 Å². The van der Waals surface area contributed by atoms with Gasteiger partial charge in [-0.1, -0.05) is 129 Å². The van der Waals surface area contributed by atoms with Crippen LogP contribution in [0.5, 0.6) is 0 Å². The number of nitrogens with zero attached hydrogens (tertiary/aromatic N) is 3. The van der Waals surface area contributed by atoms with Gasteiger partial charge in [-0.25, -0.2) is 0 Å². The predicted molar refractivity (Wildman–Crippen MR) is 151 cm³/mol. The minimum Gasteiger partial charge on any atom is -0.292 e. The minimum atomic E-state index is -0.413. The second-order valence-corrected chi connectivity index (χ2v) is 10.8. The summed E-state index contributed by atoms with van der Waals surface area (Å²) in [5.74, 6) is -0.0357. The third-order valence-corrected chi connectivity index (χ3v) is 7.67. The van der Waals surface area contributed by atoms with Gasteiger partial charge in [0.1, 0.15) is 6.04 Å². The van der Waals surface area contributed by atoms with Crippen molar-refractivity contribution in [2.24, 2.45) is 0 Å². The predicted octanol–water partition coefficient (Wildman–Crippen LogP) is 9.94. The molecule has 1 aliphatic rings. The van der Waals surface area contributed by atoms with E-state index in [0.717, 1.165) is 50.8 Å². The molecule has 0 saturated heterocycles. The van der Waals surface area contributed by atoms with Crippen LogP contribution in [0.1, 0.15) is 143 Å². The van der Waals surface area contributed by atoms with Gasteiger partial charge in [0.15, 0.2) is 10.8 Å². The molecule has 0 fully saturated rings. The van der Waals surface area contributed by atoms with Gasteiger partial charge in [0.25, 0.3) is 0 Å². The molecule has 0 saturated carbocycles. The quantitative estimate of drug-likeness (QED) is 0.108. The van der Waals surface area contributed by atoms with Crippen LogP contribution >= 0.6 is 11.6 Å². The molecule has 0 heterocycles. The molecule has 200 valence electrons. The molecule has 35 heavy (non-hydrogen) atoms. The Morgan fingerprint density at radius 2 is 1.17 bits per heavy atom. The fourth-order valence-electron chi connectivity index (χ4n) is 5.03. The van der Waals surface area contributed by atoms with Crippen molar-refractivity contribution in [2.45, 2.75) is 149 Å². The molecule has 1 unspecified atom stereocenters. The van der Waals surface area contributed by atoms with Gasteiger partial charge in [-0.05, 0) is 38.8 Å². The number of diazo groups is 1. The molecule has 1 rings (SSSR count). The maximum Gasteiger partial charge on any atom is 0.393 e. The van der Waals surface area contributed by atoms with Gasteiger partial charge in [0.05, 0.1) is 16.7 Å². The normalized spacial score (nSPS) is 16.2. The second kappa shape index (κ2) is 21.0. The number of rotatable bonds is 22. The van der Waals surface area contributed by atoms with Gasteiger partial charge in [-0.15, -0.1) is 0 Å². The van der Waals surface area contributed by atoms with Crippen LogP contribution in [0, 0.1) is 5.39 Å². The summed E-state index contributed by atoms with van der Waals surface area (Å²) in [5.41, 5.74) is 1.23. The molecule has 4 nitrogen and oxygen atoms in total. The van der Waals surface area contributed by atoms with Crippen LogP contribution in [0.2, 0.25) is 0 Å². The Balaban J connectivity index is 2.83. The van der Waals surface area contributed by atoms with E-state index in [2.05, 4.69) is 30.6 Å². The summed E-state index contributed by atoms with van der Waals surface area (Å²) in [4.78, 5) is 18.9. The number of allylic oxidation sites excluding steroid dienone is 1. The monoisotopic (exact) mass is 506 g/mol. The number of carbonyl (C=O) groups excluding carboxylic acids is 1. The van der Waals surface area contributed by atoms with E-state index in [1.165, 1.54) is 96.0 Å². The van der Waals surface area contributed by atoms with E-state index in [4.69, 9.17) is 11.6 Å². The number of hydrogen-bond acceptors (Lipinski definition) is 3. The lowest BCUT2D eigenvalue weighted by Crippen LogP contribution is -2.44. The van der Waals surface area contributed by atoms with Crippen LogP contribution in [0.15, 0.2) is 22.4 Å². The van der Waals surface area contributed by atoms with Gasteiger partial charge in [0.2, 0.25) is 5.39 Å². The van der Waals surface area contributed by atoms with Crippen LogP contribution < -0.4 is 0 Å². The summed E-state index contributed by atoms with van der Waals surface area (Å²) < 4.78 is 0. The SMILES string of the molecule is CCCCCCCCC1=C(Cl)C(N(CCCCCCCC)CCCCCCCC)C(=O)C=C1[N+]#N. The van der Waals surface area contributed by atoms with Gasteiger partial charge >= 0.3 is 5.70 Å². The lowest BCUT2D eigenvalue weighted by atomic mass is 9.92. The molecule has 0 aromatic heterocycles.